The molecule has 1 N–H and O–H groups in total. The summed E-state index contributed by atoms with van der Waals surface area (Å²) in [7, 11) is 0. The Morgan fingerprint density at radius 3 is 2.35 bits per heavy atom. The molecule has 0 atom stereocenters. The van der Waals surface area contributed by atoms with E-state index in [-0.39, 0.29) is 5.69 Å². The minimum atomic E-state index is -0.491. The van der Waals surface area contributed by atoms with E-state index in [2.05, 4.69) is 5.32 Å². The first kappa shape index (κ1) is 14.9. The van der Waals surface area contributed by atoms with Crippen LogP contribution in [-0.2, 0) is 6.54 Å². The molecule has 2 rings (SSSR count). The monoisotopic (exact) mass is 330 g/mol. The molecule has 2 aromatic rings. The van der Waals surface area contributed by atoms with Gasteiger partial charge in [-0.1, -0.05) is 40.9 Å². The fourth-order valence-electron chi connectivity index (χ4n) is 1.61. The van der Waals surface area contributed by atoms with E-state index in [1.807, 2.05) is 6.07 Å². The molecule has 0 aliphatic heterocycles. The van der Waals surface area contributed by atoms with Crippen LogP contribution in [0.15, 0.2) is 36.4 Å². The Bertz CT molecular complexity index is 662. The third-order valence-electron chi connectivity index (χ3n) is 2.63. The largest absolute Gasteiger partial charge is 0.380 e. The standard InChI is InChI=1S/C13H9Cl3N2O2/c14-10-3-1-8(5-11(10)15)7-17-13-4-2-9(18(19)20)6-12(13)16/h1-6,17H,7H2. The summed E-state index contributed by atoms with van der Waals surface area (Å²) in [6.45, 7) is 0.481. The summed E-state index contributed by atoms with van der Waals surface area (Å²) in [6.07, 6.45) is 0. The van der Waals surface area contributed by atoms with E-state index in [1.54, 1.807) is 18.2 Å². The fraction of sp³-hybridized carbons (Fsp3) is 0.0769. The Labute approximate surface area is 130 Å². The maximum Gasteiger partial charge on any atom is 0.271 e. The van der Waals surface area contributed by atoms with Crippen LogP contribution in [0.3, 0.4) is 0 Å². The van der Waals surface area contributed by atoms with E-state index in [4.69, 9.17) is 34.8 Å². The first-order valence-electron chi connectivity index (χ1n) is 5.59. The highest BCUT2D eigenvalue weighted by Gasteiger charge is 2.09. The summed E-state index contributed by atoms with van der Waals surface area (Å²) in [4.78, 5) is 10.1. The maximum atomic E-state index is 10.6. The topological polar surface area (TPSA) is 55.2 Å². The maximum absolute atomic E-state index is 10.6. The number of benzene rings is 2. The highest BCUT2D eigenvalue weighted by molar-refractivity contribution is 6.42. The van der Waals surface area contributed by atoms with Crippen LogP contribution in [0.5, 0.6) is 0 Å². The van der Waals surface area contributed by atoms with Gasteiger partial charge in [0.15, 0.2) is 0 Å². The van der Waals surface area contributed by atoms with Gasteiger partial charge in [-0.05, 0) is 23.8 Å². The average Bonchev–Trinajstić information content (AvgIpc) is 2.41. The summed E-state index contributed by atoms with van der Waals surface area (Å²) < 4.78 is 0. The lowest BCUT2D eigenvalue weighted by Crippen LogP contribution is -2.00. The quantitative estimate of drug-likeness (QED) is 0.621. The van der Waals surface area contributed by atoms with Gasteiger partial charge in [0.1, 0.15) is 0 Å². The summed E-state index contributed by atoms with van der Waals surface area (Å²) in [5.74, 6) is 0. The van der Waals surface area contributed by atoms with Crippen LogP contribution in [0.25, 0.3) is 0 Å². The Kier molecular flexibility index (Phi) is 4.70. The second-order valence-electron chi connectivity index (χ2n) is 4.02. The van der Waals surface area contributed by atoms with Gasteiger partial charge in [0.05, 0.1) is 25.7 Å². The fourth-order valence-corrected chi connectivity index (χ4v) is 2.17. The number of nitro groups is 1. The molecule has 0 heterocycles. The van der Waals surface area contributed by atoms with Crippen molar-refractivity contribution in [1.82, 2.24) is 0 Å². The van der Waals surface area contributed by atoms with Gasteiger partial charge >= 0.3 is 0 Å². The van der Waals surface area contributed by atoms with Gasteiger partial charge in [0, 0.05) is 18.7 Å². The normalized spacial score (nSPS) is 10.3. The van der Waals surface area contributed by atoms with Gasteiger partial charge in [-0.3, -0.25) is 10.1 Å². The number of nitrogens with one attached hydrogen (secondary N) is 1. The highest BCUT2D eigenvalue weighted by atomic mass is 35.5. The molecule has 0 aliphatic carbocycles. The van der Waals surface area contributed by atoms with E-state index in [9.17, 15) is 10.1 Å². The zero-order valence-electron chi connectivity index (χ0n) is 10.1. The minimum absolute atomic E-state index is 0.0462. The number of anilines is 1. The number of hydrogen-bond donors (Lipinski definition) is 1. The van der Waals surface area contributed by atoms with Crippen molar-refractivity contribution >= 4 is 46.2 Å². The van der Waals surface area contributed by atoms with Crippen molar-refractivity contribution in [2.75, 3.05) is 5.32 Å². The second kappa shape index (κ2) is 6.31. The molecule has 0 fully saturated rings. The van der Waals surface area contributed by atoms with Crippen molar-refractivity contribution in [2.45, 2.75) is 6.54 Å². The molecule has 0 spiro atoms. The van der Waals surface area contributed by atoms with Crippen molar-refractivity contribution in [2.24, 2.45) is 0 Å². The van der Waals surface area contributed by atoms with Crippen LogP contribution in [0.4, 0.5) is 11.4 Å². The Balaban J connectivity index is 2.10. The van der Waals surface area contributed by atoms with E-state index in [0.29, 0.717) is 27.3 Å². The Morgan fingerprint density at radius 1 is 1.00 bits per heavy atom. The molecule has 20 heavy (non-hydrogen) atoms. The number of halogens is 3. The molecule has 0 amide bonds. The van der Waals surface area contributed by atoms with Crippen LogP contribution in [0.2, 0.25) is 15.1 Å². The van der Waals surface area contributed by atoms with Crippen LogP contribution in [0.1, 0.15) is 5.56 Å². The molecule has 7 heteroatoms. The molecule has 0 radical (unpaired) electrons. The summed E-state index contributed by atoms with van der Waals surface area (Å²) in [5.41, 5.74) is 1.49. The number of rotatable bonds is 4. The van der Waals surface area contributed by atoms with Gasteiger partial charge in [0.25, 0.3) is 5.69 Å². The van der Waals surface area contributed by atoms with Crippen molar-refractivity contribution in [3.05, 3.63) is 67.1 Å². The molecule has 0 aliphatic rings. The lowest BCUT2D eigenvalue weighted by molar-refractivity contribution is -0.384. The van der Waals surface area contributed by atoms with Gasteiger partial charge in [0.2, 0.25) is 0 Å². The van der Waals surface area contributed by atoms with Gasteiger partial charge < -0.3 is 5.32 Å². The molecule has 104 valence electrons. The number of hydrogen-bond acceptors (Lipinski definition) is 3. The van der Waals surface area contributed by atoms with Crippen molar-refractivity contribution < 1.29 is 4.92 Å². The first-order valence-corrected chi connectivity index (χ1v) is 6.72. The van der Waals surface area contributed by atoms with Crippen molar-refractivity contribution in [3.8, 4) is 0 Å². The predicted octanol–water partition coefficient (Wildman–Crippen LogP) is 5.17. The summed E-state index contributed by atoms with van der Waals surface area (Å²) in [6, 6.07) is 9.55. The number of nitro benzene ring substituents is 1. The van der Waals surface area contributed by atoms with E-state index in [1.165, 1.54) is 12.1 Å². The number of non-ortho nitro benzene ring substituents is 1. The summed E-state index contributed by atoms with van der Waals surface area (Å²) >= 11 is 17.7. The molecule has 2 aromatic carbocycles. The molecule has 4 nitrogen and oxygen atoms in total. The third kappa shape index (κ3) is 3.54. The lowest BCUT2D eigenvalue weighted by Gasteiger charge is -2.09. The third-order valence-corrected chi connectivity index (χ3v) is 3.68. The zero-order valence-corrected chi connectivity index (χ0v) is 12.3. The van der Waals surface area contributed by atoms with Gasteiger partial charge in [-0.15, -0.1) is 0 Å². The predicted molar refractivity (Wildman–Crippen MR) is 81.9 cm³/mol. The van der Waals surface area contributed by atoms with Gasteiger partial charge in [-0.2, -0.15) is 0 Å². The van der Waals surface area contributed by atoms with Crippen LogP contribution in [0, 0.1) is 10.1 Å². The van der Waals surface area contributed by atoms with Gasteiger partial charge in [-0.25, -0.2) is 0 Å². The highest BCUT2D eigenvalue weighted by Crippen LogP contribution is 2.28. The molecular formula is C13H9Cl3N2O2. The van der Waals surface area contributed by atoms with Crippen LogP contribution < -0.4 is 5.32 Å². The van der Waals surface area contributed by atoms with E-state index in [0.717, 1.165) is 5.56 Å². The van der Waals surface area contributed by atoms with Crippen molar-refractivity contribution in [1.29, 1.82) is 0 Å². The zero-order chi connectivity index (χ0) is 14.7. The molecule has 0 saturated carbocycles. The van der Waals surface area contributed by atoms with Crippen LogP contribution in [-0.4, -0.2) is 4.92 Å². The lowest BCUT2D eigenvalue weighted by atomic mass is 10.2. The van der Waals surface area contributed by atoms with E-state index >= 15 is 0 Å². The average molecular weight is 332 g/mol. The Hall–Kier alpha value is -1.49. The molecule has 0 aromatic heterocycles. The minimum Gasteiger partial charge on any atom is -0.380 e. The molecule has 0 saturated heterocycles. The first-order chi connectivity index (χ1) is 9.47. The van der Waals surface area contributed by atoms with E-state index < -0.39 is 4.92 Å². The smallest absolute Gasteiger partial charge is 0.271 e. The van der Waals surface area contributed by atoms with Crippen LogP contribution >= 0.6 is 34.8 Å². The number of nitrogens with zero attached hydrogens (tertiary/aromatic N) is 1. The summed E-state index contributed by atoms with van der Waals surface area (Å²) in [5, 5.41) is 15.0. The SMILES string of the molecule is O=[N+]([O-])c1ccc(NCc2ccc(Cl)c(Cl)c2)c(Cl)c1. The Morgan fingerprint density at radius 2 is 1.75 bits per heavy atom. The molecule has 0 unspecified atom stereocenters. The van der Waals surface area contributed by atoms with Crippen molar-refractivity contribution in [3.63, 3.8) is 0 Å². The second-order valence-corrected chi connectivity index (χ2v) is 5.24. The molecular weight excluding hydrogens is 323 g/mol. The molecule has 0 bridgehead atoms.